The normalized spacial score (nSPS) is 9.55. The van der Waals surface area contributed by atoms with Crippen LogP contribution in [0.25, 0.3) is 0 Å². The number of halogens is 1. The van der Waals surface area contributed by atoms with Crippen LogP contribution in [0.2, 0.25) is 0 Å². The first-order valence-corrected chi connectivity index (χ1v) is 5.70. The summed E-state index contributed by atoms with van der Waals surface area (Å²) in [6.45, 7) is 1.44. The number of nitrogens with one attached hydrogen (secondary N) is 1. The third-order valence-corrected chi connectivity index (χ3v) is 3.86. The Bertz CT molecular complexity index is 284. The van der Waals surface area contributed by atoms with Crippen LogP contribution in [0, 0.1) is 2.88 Å². The highest BCUT2D eigenvalue weighted by molar-refractivity contribution is 14.1. The van der Waals surface area contributed by atoms with Crippen LogP contribution in [-0.2, 0) is 7.86 Å². The lowest BCUT2D eigenvalue weighted by Gasteiger charge is -1.96. The van der Waals surface area contributed by atoms with Gasteiger partial charge < -0.3 is 5.32 Å². The van der Waals surface area contributed by atoms with Crippen molar-refractivity contribution in [2.75, 3.05) is 5.32 Å². The fourth-order valence-corrected chi connectivity index (χ4v) is 2.54. The predicted octanol–water partition coefficient (Wildman–Crippen LogP) is 2.19. The van der Waals surface area contributed by atoms with Crippen molar-refractivity contribution in [2.24, 2.45) is 0 Å². The van der Waals surface area contributed by atoms with Gasteiger partial charge in [0.05, 0.1) is 5.69 Å². The number of thiophene rings is 1. The molecule has 0 aliphatic heterocycles. The van der Waals surface area contributed by atoms with Crippen molar-refractivity contribution >= 4 is 44.1 Å². The van der Waals surface area contributed by atoms with Gasteiger partial charge in [0, 0.05) is 6.92 Å². The maximum absolute atomic E-state index is 10.6. The highest BCUT2D eigenvalue weighted by atomic mass is 127. The standard InChI is InChI=1S/C6H6INO2S/c1-4(9)8-5-2-3-11-6(5)7-10/h2-3H,1H3,(H,8,9). The summed E-state index contributed by atoms with van der Waals surface area (Å²) in [5.74, 6) is -0.123. The first-order chi connectivity index (χ1) is 5.24. The second kappa shape index (κ2) is 3.91. The summed E-state index contributed by atoms with van der Waals surface area (Å²) in [5.41, 5.74) is 0.699. The lowest BCUT2D eigenvalue weighted by atomic mass is 10.5. The average Bonchev–Trinajstić information content (AvgIpc) is 2.34. The Kier molecular flexibility index (Phi) is 3.13. The van der Waals surface area contributed by atoms with E-state index in [-0.39, 0.29) is 5.91 Å². The second-order valence-corrected chi connectivity index (χ2v) is 5.03. The quantitative estimate of drug-likeness (QED) is 0.846. The molecule has 60 valence electrons. The highest BCUT2D eigenvalue weighted by Gasteiger charge is 2.03. The van der Waals surface area contributed by atoms with Gasteiger partial charge >= 0.3 is 0 Å². The second-order valence-electron chi connectivity index (χ2n) is 1.87. The summed E-state index contributed by atoms with van der Waals surface area (Å²) in [6, 6.07) is 1.76. The number of anilines is 1. The van der Waals surface area contributed by atoms with Crippen molar-refractivity contribution in [3.63, 3.8) is 0 Å². The van der Waals surface area contributed by atoms with Crippen LogP contribution in [0.1, 0.15) is 6.92 Å². The number of amides is 1. The van der Waals surface area contributed by atoms with E-state index in [0.717, 1.165) is 2.88 Å². The van der Waals surface area contributed by atoms with Crippen LogP contribution in [-0.4, -0.2) is 5.91 Å². The van der Waals surface area contributed by atoms with Crippen molar-refractivity contribution in [3.8, 4) is 0 Å². The van der Waals surface area contributed by atoms with Gasteiger partial charge in [0.2, 0.25) is 5.91 Å². The Hall–Kier alpha value is -0.300. The van der Waals surface area contributed by atoms with E-state index in [9.17, 15) is 7.86 Å². The summed E-state index contributed by atoms with van der Waals surface area (Å²) in [4.78, 5) is 10.6. The van der Waals surface area contributed by atoms with E-state index in [1.54, 1.807) is 6.07 Å². The van der Waals surface area contributed by atoms with Crippen LogP contribution in [0.5, 0.6) is 0 Å². The average molecular weight is 283 g/mol. The van der Waals surface area contributed by atoms with Crippen LogP contribution in [0.4, 0.5) is 5.69 Å². The number of carbonyl (C=O) groups excluding carboxylic acids is 1. The SMILES string of the molecule is CC(=O)Nc1ccsc1I=O. The molecule has 3 nitrogen and oxygen atoms in total. The topological polar surface area (TPSA) is 46.2 Å². The molecular weight excluding hydrogens is 277 g/mol. The number of hydrogen-bond donors (Lipinski definition) is 1. The number of rotatable bonds is 2. The largest absolute Gasteiger partial charge is 0.325 e. The number of carbonyl (C=O) groups is 1. The van der Waals surface area contributed by atoms with Crippen LogP contribution in [0.15, 0.2) is 11.4 Å². The minimum absolute atomic E-state index is 0.123. The van der Waals surface area contributed by atoms with E-state index < -0.39 is 21.2 Å². The van der Waals surface area contributed by atoms with Gasteiger partial charge in [0.1, 0.15) is 2.88 Å². The molecule has 0 bridgehead atoms. The van der Waals surface area contributed by atoms with E-state index in [1.165, 1.54) is 18.3 Å². The van der Waals surface area contributed by atoms with Gasteiger partial charge in [-0.1, -0.05) is 0 Å². The van der Waals surface area contributed by atoms with E-state index in [2.05, 4.69) is 5.32 Å². The maximum Gasteiger partial charge on any atom is 0.221 e. The van der Waals surface area contributed by atoms with Crippen molar-refractivity contribution < 1.29 is 7.86 Å². The van der Waals surface area contributed by atoms with Crippen LogP contribution >= 0.6 is 32.5 Å². The molecule has 1 amide bonds. The molecule has 0 aliphatic carbocycles. The molecule has 1 N–H and O–H groups in total. The lowest BCUT2D eigenvalue weighted by molar-refractivity contribution is -0.114. The summed E-state index contributed by atoms with van der Waals surface area (Å²) in [6.07, 6.45) is 0. The van der Waals surface area contributed by atoms with E-state index in [4.69, 9.17) is 0 Å². The smallest absolute Gasteiger partial charge is 0.221 e. The molecule has 11 heavy (non-hydrogen) atoms. The molecule has 0 unspecified atom stereocenters. The van der Waals surface area contributed by atoms with E-state index in [0.29, 0.717) is 5.69 Å². The van der Waals surface area contributed by atoms with Crippen molar-refractivity contribution in [2.45, 2.75) is 6.92 Å². The van der Waals surface area contributed by atoms with Gasteiger partial charge in [-0.3, -0.25) is 7.86 Å². The van der Waals surface area contributed by atoms with Crippen molar-refractivity contribution in [3.05, 3.63) is 14.3 Å². The molecule has 1 rings (SSSR count). The molecule has 0 saturated heterocycles. The Balaban J connectivity index is 2.84. The van der Waals surface area contributed by atoms with E-state index in [1.807, 2.05) is 5.38 Å². The van der Waals surface area contributed by atoms with Crippen LogP contribution < -0.4 is 5.32 Å². The van der Waals surface area contributed by atoms with Gasteiger partial charge in [-0.25, -0.2) is 0 Å². The molecular formula is C6H6INO2S. The first-order valence-electron chi connectivity index (χ1n) is 2.86. The van der Waals surface area contributed by atoms with E-state index >= 15 is 0 Å². The molecule has 0 saturated carbocycles. The first kappa shape index (κ1) is 8.79. The van der Waals surface area contributed by atoms with Gasteiger partial charge in [0.15, 0.2) is 21.2 Å². The third-order valence-electron chi connectivity index (χ3n) is 0.999. The fourth-order valence-electron chi connectivity index (χ4n) is 0.631. The fraction of sp³-hybridized carbons (Fsp3) is 0.167. The summed E-state index contributed by atoms with van der Waals surface area (Å²) >= 11 is 0.260. The van der Waals surface area contributed by atoms with Gasteiger partial charge in [-0.05, 0) is 11.4 Å². The molecule has 1 aromatic rings. The van der Waals surface area contributed by atoms with Gasteiger partial charge in [-0.15, -0.1) is 11.3 Å². The molecule has 0 fully saturated rings. The maximum atomic E-state index is 10.6. The van der Waals surface area contributed by atoms with Crippen LogP contribution in [0.3, 0.4) is 0 Å². The zero-order chi connectivity index (χ0) is 8.27. The minimum Gasteiger partial charge on any atom is -0.325 e. The monoisotopic (exact) mass is 283 g/mol. The summed E-state index contributed by atoms with van der Waals surface area (Å²) in [5, 5.41) is 4.42. The molecule has 0 radical (unpaired) electrons. The van der Waals surface area contributed by atoms with Gasteiger partial charge in [-0.2, -0.15) is 0 Å². The zero-order valence-corrected chi connectivity index (χ0v) is 8.73. The Labute approximate surface area is 78.4 Å². The van der Waals surface area contributed by atoms with Crippen molar-refractivity contribution in [1.29, 1.82) is 0 Å². The zero-order valence-electron chi connectivity index (χ0n) is 5.76. The Morgan fingerprint density at radius 1 is 1.73 bits per heavy atom. The lowest BCUT2D eigenvalue weighted by Crippen LogP contribution is -2.05. The molecule has 0 atom stereocenters. The van der Waals surface area contributed by atoms with Gasteiger partial charge in [0.25, 0.3) is 0 Å². The summed E-state index contributed by atoms with van der Waals surface area (Å²) < 4.78 is 11.4. The Morgan fingerprint density at radius 3 is 3.00 bits per heavy atom. The number of hydrogen-bond acceptors (Lipinski definition) is 3. The molecule has 0 aromatic carbocycles. The molecule has 0 aliphatic rings. The van der Waals surface area contributed by atoms with Crippen molar-refractivity contribution in [1.82, 2.24) is 0 Å². The molecule has 1 aromatic heterocycles. The molecule has 0 spiro atoms. The third kappa shape index (κ3) is 2.33. The molecule has 5 heteroatoms. The summed E-state index contributed by atoms with van der Waals surface area (Å²) in [7, 11) is 0. The minimum atomic E-state index is -1.15. The highest BCUT2D eigenvalue weighted by Crippen LogP contribution is 2.26. The molecule has 1 heterocycles. The Morgan fingerprint density at radius 2 is 2.45 bits per heavy atom. The predicted molar refractivity (Wildman–Crippen MR) is 52.0 cm³/mol.